The van der Waals surface area contributed by atoms with E-state index in [1.54, 1.807) is 0 Å². The zero-order valence-corrected chi connectivity index (χ0v) is 10.00. The number of hydrogen-bond donors (Lipinski definition) is 0. The van der Waals surface area contributed by atoms with E-state index < -0.39 is 0 Å². The summed E-state index contributed by atoms with van der Waals surface area (Å²) in [5, 5.41) is 0. The monoisotopic (exact) mass is 213 g/mol. The molecule has 0 radical (unpaired) electrons. The fourth-order valence-electron chi connectivity index (χ4n) is 2.11. The maximum atomic E-state index is 11.1. The lowest BCUT2D eigenvalue weighted by Crippen LogP contribution is -2.35. The Balaban J connectivity index is 2.15. The molecule has 1 rings (SSSR count). The number of nitrogens with zero attached hydrogens (tertiary/aromatic N) is 1. The molecule has 0 saturated carbocycles. The molecule has 88 valence electrons. The molecule has 1 heterocycles. The van der Waals surface area contributed by atoms with Gasteiger partial charge in [-0.1, -0.05) is 13.3 Å². The first kappa shape index (κ1) is 12.5. The van der Waals surface area contributed by atoms with Crippen LogP contribution in [0.2, 0.25) is 0 Å². The summed E-state index contributed by atoms with van der Waals surface area (Å²) in [6, 6.07) is 0. The first-order valence-electron chi connectivity index (χ1n) is 6.05. The van der Waals surface area contributed by atoms with E-state index in [1.807, 2.05) is 0 Å². The Bertz CT molecular complexity index is 186. The third-order valence-electron chi connectivity index (χ3n) is 3.22. The summed E-state index contributed by atoms with van der Waals surface area (Å²) in [6.07, 6.45) is 5.47. The predicted molar refractivity (Wildman–Crippen MR) is 60.7 cm³/mol. The highest BCUT2D eigenvalue weighted by molar-refractivity contribution is 5.69. The summed E-state index contributed by atoms with van der Waals surface area (Å²) in [6.45, 7) is 5.76. The van der Waals surface area contributed by atoms with Crippen LogP contribution in [0.1, 0.15) is 39.0 Å². The minimum atomic E-state index is -0.0537. The molecule has 0 aromatic carbocycles. The second kappa shape index (κ2) is 6.83. The summed E-state index contributed by atoms with van der Waals surface area (Å²) in [5.74, 6) is 0.498. The van der Waals surface area contributed by atoms with E-state index in [0.717, 1.165) is 25.9 Å². The number of hydrogen-bond acceptors (Lipinski definition) is 3. The third kappa shape index (κ3) is 4.65. The zero-order valence-electron chi connectivity index (χ0n) is 10.00. The molecule has 15 heavy (non-hydrogen) atoms. The third-order valence-corrected chi connectivity index (χ3v) is 3.22. The maximum Gasteiger partial charge on any atom is 0.305 e. The summed E-state index contributed by atoms with van der Waals surface area (Å²) >= 11 is 0. The first-order chi connectivity index (χ1) is 7.26. The van der Waals surface area contributed by atoms with E-state index in [4.69, 9.17) is 4.74 Å². The minimum Gasteiger partial charge on any atom is -0.469 e. The lowest BCUT2D eigenvalue weighted by molar-refractivity contribution is -0.142. The van der Waals surface area contributed by atoms with Gasteiger partial charge in [-0.25, -0.2) is 0 Å². The van der Waals surface area contributed by atoms with Crippen molar-refractivity contribution in [3.63, 3.8) is 0 Å². The van der Waals surface area contributed by atoms with Crippen molar-refractivity contribution in [1.29, 1.82) is 0 Å². The Labute approximate surface area is 92.8 Å². The molecule has 1 saturated heterocycles. The van der Waals surface area contributed by atoms with E-state index in [1.165, 1.54) is 26.5 Å². The highest BCUT2D eigenvalue weighted by atomic mass is 16.5. The van der Waals surface area contributed by atoms with Gasteiger partial charge in [0, 0.05) is 6.42 Å². The standard InChI is InChI=1S/C12H23NO2/c1-3-4-7-13-8-5-11(6-9-13)10-12(14)15-2/h11H,3-10H2,1-2H3. The molecule has 1 aliphatic rings. The largest absolute Gasteiger partial charge is 0.469 e. The molecule has 0 unspecified atom stereocenters. The number of rotatable bonds is 5. The lowest BCUT2D eigenvalue weighted by Gasteiger charge is -2.31. The fraction of sp³-hybridized carbons (Fsp3) is 0.917. The van der Waals surface area contributed by atoms with Gasteiger partial charge < -0.3 is 9.64 Å². The van der Waals surface area contributed by atoms with E-state index in [2.05, 4.69) is 11.8 Å². The normalized spacial score (nSPS) is 19.1. The van der Waals surface area contributed by atoms with Crippen LogP contribution in [0.5, 0.6) is 0 Å². The molecule has 0 amide bonds. The van der Waals surface area contributed by atoms with E-state index in [-0.39, 0.29) is 5.97 Å². The highest BCUT2D eigenvalue weighted by Gasteiger charge is 2.21. The van der Waals surface area contributed by atoms with Gasteiger partial charge in [0.15, 0.2) is 0 Å². The van der Waals surface area contributed by atoms with Gasteiger partial charge >= 0.3 is 5.97 Å². The van der Waals surface area contributed by atoms with Crippen LogP contribution in [0, 0.1) is 5.92 Å². The second-order valence-corrected chi connectivity index (χ2v) is 4.42. The number of likely N-dealkylation sites (tertiary alicyclic amines) is 1. The average molecular weight is 213 g/mol. The van der Waals surface area contributed by atoms with Crippen molar-refractivity contribution in [2.24, 2.45) is 5.92 Å². The first-order valence-corrected chi connectivity index (χ1v) is 6.05. The Morgan fingerprint density at radius 3 is 2.60 bits per heavy atom. The second-order valence-electron chi connectivity index (χ2n) is 4.42. The summed E-state index contributed by atoms with van der Waals surface area (Å²) in [4.78, 5) is 13.6. The molecule has 0 aromatic rings. The smallest absolute Gasteiger partial charge is 0.305 e. The molecule has 3 nitrogen and oxygen atoms in total. The topological polar surface area (TPSA) is 29.5 Å². The van der Waals surface area contributed by atoms with Crippen molar-refractivity contribution in [2.45, 2.75) is 39.0 Å². The molecule has 0 atom stereocenters. The Kier molecular flexibility index (Phi) is 5.69. The molecule has 0 N–H and O–H groups in total. The SMILES string of the molecule is CCCCN1CCC(CC(=O)OC)CC1. The predicted octanol–water partition coefficient (Wildman–Crippen LogP) is 2.06. The van der Waals surface area contributed by atoms with Crippen LogP contribution in [0.3, 0.4) is 0 Å². The van der Waals surface area contributed by atoms with Crippen LogP contribution < -0.4 is 0 Å². The van der Waals surface area contributed by atoms with Crippen molar-refractivity contribution in [2.75, 3.05) is 26.7 Å². The number of methoxy groups -OCH3 is 1. The van der Waals surface area contributed by atoms with Crippen molar-refractivity contribution < 1.29 is 9.53 Å². The van der Waals surface area contributed by atoms with Gasteiger partial charge in [-0.3, -0.25) is 4.79 Å². The summed E-state index contributed by atoms with van der Waals surface area (Å²) in [5.41, 5.74) is 0. The maximum absolute atomic E-state index is 11.1. The summed E-state index contributed by atoms with van der Waals surface area (Å²) < 4.78 is 4.69. The van der Waals surface area contributed by atoms with Gasteiger partial charge in [-0.2, -0.15) is 0 Å². The van der Waals surface area contributed by atoms with Crippen molar-refractivity contribution in [3.05, 3.63) is 0 Å². The molecule has 3 heteroatoms. The van der Waals surface area contributed by atoms with Gasteiger partial charge in [-0.15, -0.1) is 0 Å². The number of carbonyl (C=O) groups excluding carboxylic acids is 1. The molecule has 0 spiro atoms. The van der Waals surface area contributed by atoms with Crippen LogP contribution in [-0.4, -0.2) is 37.6 Å². The number of piperidine rings is 1. The molecule has 1 fully saturated rings. The number of esters is 1. The molecular formula is C12H23NO2. The van der Waals surface area contributed by atoms with E-state index in [0.29, 0.717) is 12.3 Å². The zero-order chi connectivity index (χ0) is 11.1. The van der Waals surface area contributed by atoms with E-state index >= 15 is 0 Å². The lowest BCUT2D eigenvalue weighted by atomic mass is 9.93. The van der Waals surface area contributed by atoms with Gasteiger partial charge in [0.2, 0.25) is 0 Å². The van der Waals surface area contributed by atoms with Crippen LogP contribution >= 0.6 is 0 Å². The van der Waals surface area contributed by atoms with Gasteiger partial charge in [0.1, 0.15) is 0 Å². The molecule has 0 bridgehead atoms. The van der Waals surface area contributed by atoms with Crippen molar-refractivity contribution >= 4 is 5.97 Å². The summed E-state index contributed by atoms with van der Waals surface area (Å²) in [7, 11) is 1.47. The number of unbranched alkanes of at least 4 members (excludes halogenated alkanes) is 1. The minimum absolute atomic E-state index is 0.0537. The molecule has 0 aromatic heterocycles. The molecule has 1 aliphatic heterocycles. The van der Waals surface area contributed by atoms with Crippen molar-refractivity contribution in [3.8, 4) is 0 Å². The number of ether oxygens (including phenoxy) is 1. The fourth-order valence-corrected chi connectivity index (χ4v) is 2.11. The van der Waals surface area contributed by atoms with Gasteiger partial charge in [0.25, 0.3) is 0 Å². The average Bonchev–Trinajstić information content (AvgIpc) is 2.28. The Hall–Kier alpha value is -0.570. The molecule has 0 aliphatic carbocycles. The van der Waals surface area contributed by atoms with Crippen LogP contribution in [-0.2, 0) is 9.53 Å². The van der Waals surface area contributed by atoms with Gasteiger partial charge in [-0.05, 0) is 44.8 Å². The number of carbonyl (C=O) groups is 1. The van der Waals surface area contributed by atoms with Crippen LogP contribution in [0.25, 0.3) is 0 Å². The van der Waals surface area contributed by atoms with Crippen LogP contribution in [0.15, 0.2) is 0 Å². The Morgan fingerprint density at radius 2 is 2.07 bits per heavy atom. The quantitative estimate of drug-likeness (QED) is 0.655. The molecular weight excluding hydrogens is 190 g/mol. The van der Waals surface area contributed by atoms with Crippen LogP contribution in [0.4, 0.5) is 0 Å². The Morgan fingerprint density at radius 1 is 1.40 bits per heavy atom. The van der Waals surface area contributed by atoms with E-state index in [9.17, 15) is 4.79 Å². The van der Waals surface area contributed by atoms with Crippen molar-refractivity contribution in [1.82, 2.24) is 4.90 Å². The van der Waals surface area contributed by atoms with Gasteiger partial charge in [0.05, 0.1) is 7.11 Å². The highest BCUT2D eigenvalue weighted by Crippen LogP contribution is 2.20.